The number of carbonyl (C=O) groups is 1. The van der Waals surface area contributed by atoms with Crippen molar-refractivity contribution in [2.45, 2.75) is 161 Å². The summed E-state index contributed by atoms with van der Waals surface area (Å²) in [5.74, 6) is 0.280. The average Bonchev–Trinajstić information content (AvgIpc) is 3.23. The Labute approximate surface area is 274 Å². The minimum atomic E-state index is -1.61. The first-order valence-corrected chi connectivity index (χ1v) is 17.4. The molecule has 0 aromatic heterocycles. The van der Waals surface area contributed by atoms with Gasteiger partial charge >= 0.3 is 0 Å². The predicted octanol–water partition coefficient (Wildman–Crippen LogP) is 2.62. The van der Waals surface area contributed by atoms with Crippen LogP contribution in [0.1, 0.15) is 107 Å². The third-order valence-electron chi connectivity index (χ3n) is 14.2. The second-order valence-corrected chi connectivity index (χ2v) is 17.5. The van der Waals surface area contributed by atoms with Crippen LogP contribution in [-0.4, -0.2) is 102 Å². The summed E-state index contributed by atoms with van der Waals surface area (Å²) < 4.78 is 11.6. The Hall–Kier alpha value is -0.950. The van der Waals surface area contributed by atoms with Gasteiger partial charge in [-0.15, -0.1) is 0 Å². The number of hydrogen-bond acceptors (Lipinski definition) is 10. The molecule has 4 fully saturated rings. The van der Waals surface area contributed by atoms with E-state index in [1.54, 1.807) is 13.8 Å². The van der Waals surface area contributed by atoms with Crippen molar-refractivity contribution in [2.24, 2.45) is 39.4 Å². The highest BCUT2D eigenvalue weighted by Gasteiger charge is 2.71. The van der Waals surface area contributed by atoms with Crippen LogP contribution in [0, 0.1) is 39.4 Å². The number of ketones is 1. The van der Waals surface area contributed by atoms with E-state index >= 15 is 0 Å². The maximum Gasteiger partial charge on any atom is 0.187 e. The van der Waals surface area contributed by atoms with E-state index in [0.29, 0.717) is 12.8 Å². The van der Waals surface area contributed by atoms with Crippen LogP contribution in [0.2, 0.25) is 0 Å². The van der Waals surface area contributed by atoms with E-state index in [0.717, 1.165) is 25.7 Å². The van der Waals surface area contributed by atoms with E-state index in [1.807, 2.05) is 6.92 Å². The van der Waals surface area contributed by atoms with Crippen LogP contribution in [0.15, 0.2) is 11.6 Å². The topological polar surface area (TPSA) is 177 Å². The molecule has 0 aromatic carbocycles. The number of allylic oxidation sites excluding steroid dienone is 1. The fraction of sp³-hybridized carbons (Fsp3) is 0.917. The molecule has 5 aliphatic rings. The zero-order chi connectivity index (χ0) is 34.4. The van der Waals surface area contributed by atoms with Crippen LogP contribution in [0.25, 0.3) is 0 Å². The third-order valence-corrected chi connectivity index (χ3v) is 14.2. The van der Waals surface area contributed by atoms with Gasteiger partial charge in [-0.2, -0.15) is 0 Å². The lowest BCUT2D eigenvalue weighted by Gasteiger charge is -2.65. The fourth-order valence-corrected chi connectivity index (χ4v) is 10.9. The maximum absolute atomic E-state index is 14.5. The molecular weight excluding hydrogens is 592 g/mol. The SMILES string of the molecule is CC(C)(O)[C@@H](CC[C@@](C)(O)[C@H]1CC[C@@]2(C)[C@@H]3CC=C4[C@@H](CC[C@H](O)C4(C)C)[C@]3(C)C(=O)C[C@]12C)O[C@@H]1O[C@H](CO)[C@@H](O)[C@H](O)[C@H]1O. The number of carbonyl (C=O) groups excluding carboxylic acids is 1. The van der Waals surface area contributed by atoms with Crippen LogP contribution >= 0.6 is 0 Å². The molecule has 10 nitrogen and oxygen atoms in total. The van der Waals surface area contributed by atoms with Gasteiger partial charge in [-0.3, -0.25) is 4.79 Å². The molecule has 14 atom stereocenters. The van der Waals surface area contributed by atoms with Gasteiger partial charge in [-0.05, 0) is 94.3 Å². The van der Waals surface area contributed by atoms with E-state index in [-0.39, 0.29) is 47.2 Å². The molecule has 0 bridgehead atoms. The van der Waals surface area contributed by atoms with Gasteiger partial charge in [-0.25, -0.2) is 0 Å². The molecule has 4 aliphatic carbocycles. The summed E-state index contributed by atoms with van der Waals surface area (Å²) >= 11 is 0. The van der Waals surface area contributed by atoms with Gasteiger partial charge in [0.2, 0.25) is 0 Å². The molecule has 0 unspecified atom stereocenters. The highest BCUT2D eigenvalue weighted by Crippen LogP contribution is 2.74. The smallest absolute Gasteiger partial charge is 0.187 e. The van der Waals surface area contributed by atoms with Crippen LogP contribution in [-0.2, 0) is 14.3 Å². The molecule has 1 aliphatic heterocycles. The number of Topliss-reactive ketones (excluding diaryl/α,β-unsaturated/α-hetero) is 1. The van der Waals surface area contributed by atoms with Gasteiger partial charge < -0.3 is 45.2 Å². The van der Waals surface area contributed by atoms with E-state index in [9.17, 15) is 40.5 Å². The van der Waals surface area contributed by atoms with Crippen molar-refractivity contribution in [1.82, 2.24) is 0 Å². The molecular formula is C36H60O10. The van der Waals surface area contributed by atoms with Gasteiger partial charge in [-0.1, -0.05) is 46.3 Å². The normalized spacial score (nSPS) is 47.7. The molecule has 10 heteroatoms. The van der Waals surface area contributed by atoms with Crippen LogP contribution in [0.4, 0.5) is 0 Å². The molecule has 0 amide bonds. The second kappa shape index (κ2) is 11.8. The van der Waals surface area contributed by atoms with E-state index in [1.165, 1.54) is 5.57 Å². The van der Waals surface area contributed by atoms with Crippen LogP contribution < -0.4 is 0 Å². The quantitative estimate of drug-likeness (QED) is 0.193. The van der Waals surface area contributed by atoms with Crippen molar-refractivity contribution in [3.63, 3.8) is 0 Å². The minimum Gasteiger partial charge on any atom is -0.394 e. The summed E-state index contributed by atoms with van der Waals surface area (Å²) in [5, 5.41) is 74.7. The van der Waals surface area contributed by atoms with E-state index < -0.39 is 71.6 Å². The van der Waals surface area contributed by atoms with Gasteiger partial charge in [0.25, 0.3) is 0 Å². The number of aliphatic hydroxyl groups is 7. The molecule has 1 saturated heterocycles. The van der Waals surface area contributed by atoms with Gasteiger partial charge in [0.05, 0.1) is 30.0 Å². The summed E-state index contributed by atoms with van der Waals surface area (Å²) in [7, 11) is 0. The van der Waals surface area contributed by atoms with E-state index in [4.69, 9.17) is 9.47 Å². The molecule has 264 valence electrons. The lowest BCUT2D eigenvalue weighted by molar-refractivity contribution is -0.323. The zero-order valence-electron chi connectivity index (χ0n) is 29.1. The fourth-order valence-electron chi connectivity index (χ4n) is 10.9. The number of fused-ring (bicyclic) bond motifs is 5. The van der Waals surface area contributed by atoms with Crippen LogP contribution in [0.5, 0.6) is 0 Å². The van der Waals surface area contributed by atoms with Crippen molar-refractivity contribution in [1.29, 1.82) is 0 Å². The number of aliphatic hydroxyl groups excluding tert-OH is 5. The Morgan fingerprint density at radius 2 is 1.61 bits per heavy atom. The highest BCUT2D eigenvalue weighted by molar-refractivity contribution is 5.88. The third kappa shape index (κ3) is 5.37. The Balaban J connectivity index is 1.37. The Morgan fingerprint density at radius 1 is 0.957 bits per heavy atom. The molecule has 0 aromatic rings. The lowest BCUT2D eigenvalue weighted by Crippen LogP contribution is -2.64. The Kier molecular flexibility index (Phi) is 9.35. The summed E-state index contributed by atoms with van der Waals surface area (Å²) in [6.07, 6.45) is -1.61. The molecule has 0 spiro atoms. The Bertz CT molecular complexity index is 1190. The molecule has 46 heavy (non-hydrogen) atoms. The first-order chi connectivity index (χ1) is 21.1. The van der Waals surface area contributed by atoms with Crippen molar-refractivity contribution < 1.29 is 50.0 Å². The monoisotopic (exact) mass is 652 g/mol. The number of hydrogen-bond donors (Lipinski definition) is 7. The van der Waals surface area contributed by atoms with Crippen LogP contribution in [0.3, 0.4) is 0 Å². The predicted molar refractivity (Wildman–Crippen MR) is 170 cm³/mol. The lowest BCUT2D eigenvalue weighted by atomic mass is 9.38. The minimum absolute atomic E-state index is 0.102. The van der Waals surface area contributed by atoms with Crippen molar-refractivity contribution in [3.05, 3.63) is 11.6 Å². The summed E-state index contributed by atoms with van der Waals surface area (Å²) in [6, 6.07) is 0. The van der Waals surface area contributed by atoms with E-state index in [2.05, 4.69) is 40.7 Å². The first-order valence-electron chi connectivity index (χ1n) is 17.4. The van der Waals surface area contributed by atoms with Gasteiger partial charge in [0.15, 0.2) is 6.29 Å². The molecule has 1 heterocycles. The summed E-state index contributed by atoms with van der Waals surface area (Å²) in [4.78, 5) is 14.5. The van der Waals surface area contributed by atoms with Crippen molar-refractivity contribution in [3.8, 4) is 0 Å². The zero-order valence-corrected chi connectivity index (χ0v) is 29.1. The largest absolute Gasteiger partial charge is 0.394 e. The van der Waals surface area contributed by atoms with Crippen molar-refractivity contribution in [2.75, 3.05) is 6.61 Å². The molecule has 3 saturated carbocycles. The molecule has 7 N–H and O–H groups in total. The highest BCUT2D eigenvalue weighted by atomic mass is 16.7. The maximum atomic E-state index is 14.5. The first kappa shape index (κ1) is 36.3. The van der Waals surface area contributed by atoms with Gasteiger partial charge in [0.1, 0.15) is 30.2 Å². The number of ether oxygens (including phenoxy) is 2. The van der Waals surface area contributed by atoms with Crippen molar-refractivity contribution >= 4 is 5.78 Å². The summed E-state index contributed by atoms with van der Waals surface area (Å²) in [5.41, 5.74) is -2.96. The standard InChI is InChI=1S/C36H60O10/c1-31(2)19-9-11-23-33(5)15-13-22(34(33,6)17-25(39)36(23,8)20(19)10-12-24(31)38)35(7,44)16-14-26(32(3,4)43)46-30-29(42)28(41)27(40)21(18-37)45-30/h9,20-24,26-30,37-38,40-44H,10-18H2,1-8H3/t20-,21-,22+,23+,24+,26-,27-,28+,29-,30+,33+,34-,35-,36+/m1/s1. The molecule has 0 radical (unpaired) electrons. The second-order valence-electron chi connectivity index (χ2n) is 17.5. The summed E-state index contributed by atoms with van der Waals surface area (Å²) in [6.45, 7) is 15.2. The average molecular weight is 653 g/mol. The van der Waals surface area contributed by atoms with Gasteiger partial charge in [0, 0.05) is 17.3 Å². The molecule has 5 rings (SSSR count). The number of rotatable bonds is 8. The Morgan fingerprint density at radius 3 is 2.22 bits per heavy atom.